The van der Waals surface area contributed by atoms with Gasteiger partial charge in [-0.25, -0.2) is 4.99 Å². The van der Waals surface area contributed by atoms with Crippen molar-refractivity contribution in [2.75, 3.05) is 0 Å². The van der Waals surface area contributed by atoms with E-state index in [4.69, 9.17) is 0 Å². The van der Waals surface area contributed by atoms with Crippen LogP contribution in [-0.4, -0.2) is 23.3 Å². The minimum atomic E-state index is -0.699. The number of amides is 2. The number of ketones is 1. The summed E-state index contributed by atoms with van der Waals surface area (Å²) in [5.41, 5.74) is 3.83. The molecule has 0 radical (unpaired) electrons. The van der Waals surface area contributed by atoms with Crippen LogP contribution in [0.25, 0.3) is 0 Å². The zero-order chi connectivity index (χ0) is 23.0. The summed E-state index contributed by atoms with van der Waals surface area (Å²) in [7, 11) is 0. The fourth-order valence-electron chi connectivity index (χ4n) is 4.05. The Kier molecular flexibility index (Phi) is 5.38. The zero-order valence-electron chi connectivity index (χ0n) is 18.6. The molecule has 1 aliphatic heterocycles. The second-order valence-electron chi connectivity index (χ2n) is 8.85. The van der Waals surface area contributed by atoms with Crippen LogP contribution in [-0.2, 0) is 9.59 Å². The molecule has 2 N–H and O–H groups in total. The van der Waals surface area contributed by atoms with Crippen molar-refractivity contribution >= 4 is 29.0 Å². The molecule has 0 atom stereocenters. The molecule has 2 amide bonds. The Bertz CT molecular complexity index is 1230. The predicted molar refractivity (Wildman–Crippen MR) is 124 cm³/mol. The number of aliphatic imine (C=N–C) groups is 1. The third kappa shape index (κ3) is 4.04. The van der Waals surface area contributed by atoms with Gasteiger partial charge in [-0.1, -0.05) is 49.7 Å². The maximum absolute atomic E-state index is 13.4. The van der Waals surface area contributed by atoms with E-state index in [1.54, 1.807) is 18.2 Å². The first-order valence-electron chi connectivity index (χ1n) is 10.5. The average Bonchev–Trinajstić information content (AvgIpc) is 2.72. The van der Waals surface area contributed by atoms with Crippen molar-refractivity contribution in [1.82, 2.24) is 10.6 Å². The Hall–Kier alpha value is -3.80. The maximum Gasteiger partial charge on any atom is 0.256 e. The van der Waals surface area contributed by atoms with Crippen LogP contribution in [0.5, 0.6) is 0 Å². The lowest BCUT2D eigenvalue weighted by Crippen LogP contribution is -2.46. The van der Waals surface area contributed by atoms with Crippen molar-refractivity contribution in [3.8, 4) is 0 Å². The first-order valence-corrected chi connectivity index (χ1v) is 10.5. The Morgan fingerprint density at radius 1 is 1.03 bits per heavy atom. The van der Waals surface area contributed by atoms with E-state index in [1.165, 1.54) is 0 Å². The van der Waals surface area contributed by atoms with E-state index in [0.29, 0.717) is 28.2 Å². The molecule has 0 fully saturated rings. The summed E-state index contributed by atoms with van der Waals surface area (Å²) in [6, 6.07) is 14.8. The molecule has 0 bridgehead atoms. The van der Waals surface area contributed by atoms with Crippen molar-refractivity contribution in [2.45, 2.75) is 34.1 Å². The SMILES string of the molecule is Cc1ccc(N=C2C=C(NC(=O)c3ccccc3C)C(=O)C3=C2NC(=O)CC3(C)C)cc1. The van der Waals surface area contributed by atoms with Gasteiger partial charge < -0.3 is 10.6 Å². The molecule has 0 unspecified atom stereocenters. The van der Waals surface area contributed by atoms with Crippen molar-refractivity contribution in [3.05, 3.63) is 88.3 Å². The highest BCUT2D eigenvalue weighted by atomic mass is 16.2. The van der Waals surface area contributed by atoms with Crippen LogP contribution in [0.2, 0.25) is 0 Å². The van der Waals surface area contributed by atoms with E-state index in [2.05, 4.69) is 15.6 Å². The Balaban J connectivity index is 1.80. The molecule has 1 heterocycles. The topological polar surface area (TPSA) is 87.6 Å². The summed E-state index contributed by atoms with van der Waals surface area (Å²) >= 11 is 0. The molecule has 2 aromatic carbocycles. The first kappa shape index (κ1) is 21.4. The average molecular weight is 428 g/mol. The molecule has 4 rings (SSSR count). The van der Waals surface area contributed by atoms with Gasteiger partial charge in [0.25, 0.3) is 5.91 Å². The normalized spacial score (nSPS) is 18.8. The monoisotopic (exact) mass is 427 g/mol. The number of nitrogens with zero attached hydrogens (tertiary/aromatic N) is 1. The first-order chi connectivity index (χ1) is 15.2. The number of aryl methyl sites for hydroxylation is 2. The zero-order valence-corrected chi connectivity index (χ0v) is 18.6. The molecule has 6 nitrogen and oxygen atoms in total. The third-order valence-electron chi connectivity index (χ3n) is 5.72. The summed E-state index contributed by atoms with van der Waals surface area (Å²) in [6.07, 6.45) is 1.72. The smallest absolute Gasteiger partial charge is 0.256 e. The van der Waals surface area contributed by atoms with Crippen molar-refractivity contribution in [2.24, 2.45) is 10.4 Å². The fourth-order valence-corrected chi connectivity index (χ4v) is 4.05. The molecule has 0 aromatic heterocycles. The van der Waals surface area contributed by atoms with Gasteiger partial charge in [0.15, 0.2) is 0 Å². The van der Waals surface area contributed by atoms with Crippen LogP contribution in [0.4, 0.5) is 5.69 Å². The van der Waals surface area contributed by atoms with Gasteiger partial charge in [-0.3, -0.25) is 14.4 Å². The molecule has 1 aliphatic carbocycles. The summed E-state index contributed by atoms with van der Waals surface area (Å²) in [4.78, 5) is 43.4. The summed E-state index contributed by atoms with van der Waals surface area (Å²) in [5, 5.41) is 5.61. The van der Waals surface area contributed by atoms with Crippen molar-refractivity contribution in [1.29, 1.82) is 0 Å². The van der Waals surface area contributed by atoms with E-state index >= 15 is 0 Å². The van der Waals surface area contributed by atoms with E-state index in [1.807, 2.05) is 64.1 Å². The Morgan fingerprint density at radius 3 is 2.41 bits per heavy atom. The van der Waals surface area contributed by atoms with Crippen molar-refractivity contribution in [3.63, 3.8) is 0 Å². The van der Waals surface area contributed by atoms with Gasteiger partial charge >= 0.3 is 0 Å². The second kappa shape index (κ2) is 8.04. The molecule has 6 heteroatoms. The van der Waals surface area contributed by atoms with E-state index < -0.39 is 5.41 Å². The third-order valence-corrected chi connectivity index (χ3v) is 5.72. The molecule has 0 saturated carbocycles. The molecule has 0 spiro atoms. The highest BCUT2D eigenvalue weighted by Gasteiger charge is 2.42. The number of hydrogen-bond donors (Lipinski definition) is 2. The predicted octanol–water partition coefficient (Wildman–Crippen LogP) is 4.07. The van der Waals surface area contributed by atoms with Gasteiger partial charge in [0.05, 0.1) is 22.8 Å². The van der Waals surface area contributed by atoms with Gasteiger partial charge in [-0.2, -0.15) is 0 Å². The number of carbonyl (C=O) groups is 3. The number of allylic oxidation sites excluding steroid dienone is 2. The van der Waals surface area contributed by atoms with Gasteiger partial charge in [0, 0.05) is 23.0 Å². The second-order valence-corrected chi connectivity index (χ2v) is 8.85. The molecule has 2 aromatic rings. The van der Waals surface area contributed by atoms with Crippen LogP contribution in [0, 0.1) is 19.3 Å². The van der Waals surface area contributed by atoms with Gasteiger partial charge in [0.2, 0.25) is 11.7 Å². The summed E-state index contributed by atoms with van der Waals surface area (Å²) < 4.78 is 0. The minimum absolute atomic E-state index is 0.145. The quantitative estimate of drug-likeness (QED) is 0.724. The molecular weight excluding hydrogens is 402 g/mol. The minimum Gasteiger partial charge on any atom is -0.324 e. The lowest BCUT2D eigenvalue weighted by Gasteiger charge is -2.36. The van der Waals surface area contributed by atoms with Gasteiger partial charge in [-0.05, 0) is 43.7 Å². The van der Waals surface area contributed by atoms with Gasteiger partial charge in [-0.15, -0.1) is 0 Å². The summed E-state index contributed by atoms with van der Waals surface area (Å²) in [5.74, 6) is -0.840. The van der Waals surface area contributed by atoms with Crippen LogP contribution >= 0.6 is 0 Å². The van der Waals surface area contributed by atoms with E-state index in [9.17, 15) is 14.4 Å². The highest BCUT2D eigenvalue weighted by molar-refractivity contribution is 6.27. The largest absolute Gasteiger partial charge is 0.324 e. The maximum atomic E-state index is 13.4. The van der Waals surface area contributed by atoms with Crippen LogP contribution in [0.1, 0.15) is 41.8 Å². The van der Waals surface area contributed by atoms with Crippen LogP contribution in [0.3, 0.4) is 0 Å². The van der Waals surface area contributed by atoms with Crippen LogP contribution in [0.15, 0.2) is 76.6 Å². The number of nitrogens with one attached hydrogen (secondary N) is 2. The standard InChI is InChI=1S/C26H25N3O3/c1-15-9-11-17(12-10-15)27-19-13-20(28-25(32)18-8-6-5-7-16(18)2)24(31)22-23(19)29-21(30)14-26(22,3)4/h5-13H,14H2,1-4H3,(H,28,32)(H,29,30). The summed E-state index contributed by atoms with van der Waals surface area (Å²) in [6.45, 7) is 7.54. The van der Waals surface area contributed by atoms with E-state index in [-0.39, 0.29) is 29.7 Å². The molecule has 0 saturated heterocycles. The Labute approximate surface area is 187 Å². The molecule has 2 aliphatic rings. The van der Waals surface area contributed by atoms with E-state index in [0.717, 1.165) is 11.1 Å². The van der Waals surface area contributed by atoms with Crippen LogP contribution < -0.4 is 10.6 Å². The number of hydrogen-bond acceptors (Lipinski definition) is 4. The number of benzene rings is 2. The Morgan fingerprint density at radius 2 is 1.72 bits per heavy atom. The van der Waals surface area contributed by atoms with Crippen molar-refractivity contribution < 1.29 is 14.4 Å². The molecule has 32 heavy (non-hydrogen) atoms. The molecular formula is C26H25N3O3. The lowest BCUT2D eigenvalue weighted by molar-refractivity contribution is -0.123. The number of Topliss-reactive ketones (excluding diaryl/α,β-unsaturated/α-hetero) is 1. The highest BCUT2D eigenvalue weighted by Crippen LogP contribution is 2.39. The fraction of sp³-hybridized carbons (Fsp3) is 0.231. The number of carbonyl (C=O) groups excluding carboxylic acids is 3. The lowest BCUT2D eigenvalue weighted by atomic mass is 9.72. The van der Waals surface area contributed by atoms with Gasteiger partial charge in [0.1, 0.15) is 0 Å². The number of rotatable bonds is 3. The molecule has 162 valence electrons.